The Morgan fingerprint density at radius 3 is 2.22 bits per heavy atom. The molecule has 0 radical (unpaired) electrons. The van der Waals surface area contributed by atoms with Crippen molar-refractivity contribution < 1.29 is 29.0 Å². The number of hydrogen-bond donors (Lipinski definition) is 1. The van der Waals surface area contributed by atoms with Gasteiger partial charge in [0.15, 0.2) is 5.78 Å². The van der Waals surface area contributed by atoms with E-state index < -0.39 is 18.2 Å². The highest BCUT2D eigenvalue weighted by Gasteiger charge is 2.21. The number of oxime groups is 1. The number of ketones is 1. The summed E-state index contributed by atoms with van der Waals surface area (Å²) in [6.07, 6.45) is 2.18. The van der Waals surface area contributed by atoms with Crippen LogP contribution in [0.25, 0.3) is 0 Å². The number of benzene rings is 3. The summed E-state index contributed by atoms with van der Waals surface area (Å²) in [7, 11) is 1.29. The Labute approximate surface area is 217 Å². The lowest BCUT2D eigenvalue weighted by Crippen LogP contribution is -2.26. The van der Waals surface area contributed by atoms with Gasteiger partial charge in [0.2, 0.25) is 6.10 Å². The second kappa shape index (κ2) is 14.6. The van der Waals surface area contributed by atoms with Gasteiger partial charge in [0.25, 0.3) is 0 Å². The van der Waals surface area contributed by atoms with E-state index in [9.17, 15) is 14.7 Å². The average Bonchev–Trinajstić information content (AvgIpc) is 2.95. The Morgan fingerprint density at radius 1 is 0.892 bits per heavy atom. The summed E-state index contributed by atoms with van der Waals surface area (Å²) in [5.74, 6) is 0.203. The Hall–Kier alpha value is -3.97. The number of carbonyl (C=O) groups excluding carboxylic acids is 2. The molecule has 3 aromatic carbocycles. The third-order valence-corrected chi connectivity index (χ3v) is 5.99. The standard InChI is InChI=1S/C30H33NO6/c1-31-37-28(30(34)35-2)21-22-12-14-23(15-13-22)27(32)11-7-4-8-20-36-26-18-16-25(17-19-26)29(33)24-9-5-3-6-10-24/h3,5-6,9-10,12-19,27-28,32H,1,4,7-8,11,20-21H2,2H3. The molecule has 7 heteroatoms. The molecular weight excluding hydrogens is 470 g/mol. The smallest absolute Gasteiger partial charge is 0.350 e. The monoisotopic (exact) mass is 503 g/mol. The predicted molar refractivity (Wildman–Crippen MR) is 142 cm³/mol. The minimum absolute atomic E-state index is 0.00949. The number of methoxy groups -OCH3 is 1. The number of unbranched alkanes of at least 4 members (excludes halogenated alkanes) is 2. The molecule has 0 amide bonds. The molecule has 0 spiro atoms. The zero-order valence-electron chi connectivity index (χ0n) is 21.0. The molecule has 0 aliphatic carbocycles. The van der Waals surface area contributed by atoms with Crippen molar-refractivity contribution in [3.8, 4) is 5.75 Å². The number of ether oxygens (including phenoxy) is 2. The zero-order chi connectivity index (χ0) is 26.5. The SMILES string of the molecule is C=NOC(Cc1ccc(C(O)CCCCCOc2ccc(C(=O)c3ccccc3)cc2)cc1)C(=O)OC. The first-order valence-corrected chi connectivity index (χ1v) is 12.3. The van der Waals surface area contributed by atoms with E-state index >= 15 is 0 Å². The molecule has 2 atom stereocenters. The van der Waals surface area contributed by atoms with E-state index in [-0.39, 0.29) is 5.78 Å². The van der Waals surface area contributed by atoms with Crippen LogP contribution in [-0.2, 0) is 20.8 Å². The van der Waals surface area contributed by atoms with Crippen LogP contribution in [-0.4, -0.2) is 43.4 Å². The molecule has 0 saturated carbocycles. The van der Waals surface area contributed by atoms with Gasteiger partial charge in [-0.2, -0.15) is 0 Å². The van der Waals surface area contributed by atoms with Crippen LogP contribution in [0.2, 0.25) is 0 Å². The van der Waals surface area contributed by atoms with Crippen molar-refractivity contribution >= 4 is 18.5 Å². The van der Waals surface area contributed by atoms with Gasteiger partial charge in [-0.25, -0.2) is 4.79 Å². The van der Waals surface area contributed by atoms with Crippen molar-refractivity contribution in [3.63, 3.8) is 0 Å². The molecule has 3 aromatic rings. The van der Waals surface area contributed by atoms with Crippen molar-refractivity contribution in [1.29, 1.82) is 0 Å². The van der Waals surface area contributed by atoms with Crippen molar-refractivity contribution in [2.24, 2.45) is 5.16 Å². The summed E-state index contributed by atoms with van der Waals surface area (Å²) in [6.45, 7) is 3.81. The first-order valence-electron chi connectivity index (χ1n) is 12.3. The van der Waals surface area contributed by atoms with Gasteiger partial charge in [-0.1, -0.05) is 61.0 Å². The Bertz CT molecular complexity index is 1130. The molecule has 0 aliphatic rings. The number of aliphatic hydroxyl groups excluding tert-OH is 1. The van der Waals surface area contributed by atoms with Crippen molar-refractivity contribution in [2.75, 3.05) is 13.7 Å². The molecule has 0 bridgehead atoms. The van der Waals surface area contributed by atoms with Gasteiger partial charge in [0.1, 0.15) is 5.75 Å². The number of carbonyl (C=O) groups is 2. The van der Waals surface area contributed by atoms with E-state index in [0.717, 1.165) is 36.1 Å². The van der Waals surface area contributed by atoms with Crippen molar-refractivity contribution in [2.45, 2.75) is 44.3 Å². The quantitative estimate of drug-likeness (QED) is 0.0994. The van der Waals surface area contributed by atoms with Gasteiger partial charge >= 0.3 is 5.97 Å². The van der Waals surface area contributed by atoms with Gasteiger partial charge in [-0.3, -0.25) is 4.79 Å². The molecule has 7 nitrogen and oxygen atoms in total. The number of hydrogen-bond acceptors (Lipinski definition) is 7. The van der Waals surface area contributed by atoms with Crippen LogP contribution in [0.5, 0.6) is 5.75 Å². The molecule has 0 aromatic heterocycles. The largest absolute Gasteiger partial charge is 0.494 e. The second-order valence-corrected chi connectivity index (χ2v) is 8.63. The van der Waals surface area contributed by atoms with Crippen molar-refractivity contribution in [1.82, 2.24) is 0 Å². The van der Waals surface area contributed by atoms with Crippen LogP contribution >= 0.6 is 0 Å². The number of aliphatic hydroxyl groups is 1. The maximum atomic E-state index is 12.5. The molecular formula is C30H33NO6. The molecule has 1 N–H and O–H groups in total. The van der Waals surface area contributed by atoms with Crippen LogP contribution in [0.3, 0.4) is 0 Å². The molecule has 194 valence electrons. The van der Waals surface area contributed by atoms with Gasteiger partial charge in [0, 0.05) is 24.3 Å². The maximum Gasteiger partial charge on any atom is 0.350 e. The fourth-order valence-electron chi connectivity index (χ4n) is 3.91. The molecule has 0 aliphatic heterocycles. The van der Waals surface area contributed by atoms with Gasteiger partial charge < -0.3 is 19.4 Å². The number of rotatable bonds is 15. The summed E-state index contributed by atoms with van der Waals surface area (Å²) in [5.41, 5.74) is 2.98. The van der Waals surface area contributed by atoms with Crippen LogP contribution in [0.1, 0.15) is 58.8 Å². The number of nitrogens with zero attached hydrogens (tertiary/aromatic N) is 1. The molecule has 3 rings (SSSR count). The summed E-state index contributed by atoms with van der Waals surface area (Å²) in [4.78, 5) is 29.2. The Balaban J connectivity index is 1.35. The van der Waals surface area contributed by atoms with E-state index in [1.165, 1.54) is 7.11 Å². The first-order chi connectivity index (χ1) is 18.0. The summed E-state index contributed by atoms with van der Waals surface area (Å²) in [5, 5.41) is 13.8. The van der Waals surface area contributed by atoms with Crippen molar-refractivity contribution in [3.05, 3.63) is 101 Å². The first kappa shape index (κ1) is 27.6. The van der Waals surface area contributed by atoms with Gasteiger partial charge in [0.05, 0.1) is 19.8 Å². The highest BCUT2D eigenvalue weighted by Crippen LogP contribution is 2.21. The lowest BCUT2D eigenvalue weighted by atomic mass is 10.00. The summed E-state index contributed by atoms with van der Waals surface area (Å²) < 4.78 is 10.5. The third kappa shape index (κ3) is 8.58. The van der Waals surface area contributed by atoms with Crippen LogP contribution < -0.4 is 4.74 Å². The molecule has 2 unspecified atom stereocenters. The molecule has 0 fully saturated rings. The highest BCUT2D eigenvalue weighted by molar-refractivity contribution is 6.08. The van der Waals surface area contributed by atoms with Gasteiger partial charge in [-0.15, -0.1) is 5.16 Å². The lowest BCUT2D eigenvalue weighted by Gasteiger charge is -2.14. The second-order valence-electron chi connectivity index (χ2n) is 8.63. The van der Waals surface area contributed by atoms with E-state index in [0.29, 0.717) is 30.6 Å². The van der Waals surface area contributed by atoms with Gasteiger partial charge in [-0.05, 0) is 54.7 Å². The fourth-order valence-corrected chi connectivity index (χ4v) is 3.91. The average molecular weight is 504 g/mol. The van der Waals surface area contributed by atoms with E-state index in [4.69, 9.17) is 14.3 Å². The zero-order valence-corrected chi connectivity index (χ0v) is 21.0. The topological polar surface area (TPSA) is 94.4 Å². The predicted octanol–water partition coefficient (Wildman–Crippen LogP) is 5.31. The normalized spacial score (nSPS) is 12.3. The molecule has 0 saturated heterocycles. The summed E-state index contributed by atoms with van der Waals surface area (Å²) >= 11 is 0. The minimum Gasteiger partial charge on any atom is -0.494 e. The van der Waals surface area contributed by atoms with E-state index in [1.807, 2.05) is 54.6 Å². The maximum absolute atomic E-state index is 12.5. The third-order valence-electron chi connectivity index (χ3n) is 5.99. The van der Waals surface area contributed by atoms with Crippen LogP contribution in [0.4, 0.5) is 0 Å². The fraction of sp³-hybridized carbons (Fsp3) is 0.300. The summed E-state index contributed by atoms with van der Waals surface area (Å²) in [6, 6.07) is 23.8. The Kier molecular flexibility index (Phi) is 10.9. The van der Waals surface area contributed by atoms with Crippen LogP contribution in [0.15, 0.2) is 84.0 Å². The minimum atomic E-state index is -0.852. The van der Waals surface area contributed by atoms with Crippen LogP contribution in [0, 0.1) is 0 Å². The highest BCUT2D eigenvalue weighted by atomic mass is 16.7. The van der Waals surface area contributed by atoms with E-state index in [1.54, 1.807) is 24.3 Å². The lowest BCUT2D eigenvalue weighted by molar-refractivity contribution is -0.153. The Morgan fingerprint density at radius 2 is 1.57 bits per heavy atom. The molecule has 0 heterocycles. The van der Waals surface area contributed by atoms with E-state index in [2.05, 4.69) is 11.9 Å². The molecule has 37 heavy (non-hydrogen) atoms. The number of esters is 1.